The van der Waals surface area contributed by atoms with Crippen molar-refractivity contribution in [2.45, 2.75) is 26.8 Å². The molecule has 1 rings (SSSR count). The highest BCUT2D eigenvalue weighted by Crippen LogP contribution is 2.09. The predicted molar refractivity (Wildman–Crippen MR) is 68.9 cm³/mol. The van der Waals surface area contributed by atoms with Crippen LogP contribution in [-0.2, 0) is 11.3 Å². The minimum atomic E-state index is -0.721. The molecule has 1 unspecified atom stereocenters. The van der Waals surface area contributed by atoms with E-state index in [1.165, 1.54) is 11.1 Å². The van der Waals surface area contributed by atoms with E-state index in [2.05, 4.69) is 36.1 Å². The molecule has 0 fully saturated rings. The van der Waals surface area contributed by atoms with E-state index >= 15 is 0 Å². The lowest BCUT2D eigenvalue weighted by Crippen LogP contribution is -2.25. The minimum Gasteiger partial charge on any atom is -0.481 e. The SMILES string of the molecule is Cc1ccc(CN(C)CC(C)CC(=O)O)cc1. The molecule has 0 aromatic heterocycles. The van der Waals surface area contributed by atoms with Crippen LogP contribution in [0.25, 0.3) is 0 Å². The maximum absolute atomic E-state index is 10.6. The van der Waals surface area contributed by atoms with E-state index in [1.807, 2.05) is 14.0 Å². The number of aryl methyl sites for hydroxylation is 1. The summed E-state index contributed by atoms with van der Waals surface area (Å²) in [6, 6.07) is 8.44. The first kappa shape index (κ1) is 13.7. The summed E-state index contributed by atoms with van der Waals surface area (Å²) < 4.78 is 0. The van der Waals surface area contributed by atoms with E-state index in [-0.39, 0.29) is 12.3 Å². The molecule has 17 heavy (non-hydrogen) atoms. The largest absolute Gasteiger partial charge is 0.481 e. The van der Waals surface area contributed by atoms with Gasteiger partial charge in [-0.15, -0.1) is 0 Å². The number of carboxylic acids is 1. The molecule has 0 saturated carbocycles. The molecule has 3 heteroatoms. The molecule has 1 atom stereocenters. The monoisotopic (exact) mass is 235 g/mol. The van der Waals surface area contributed by atoms with Crippen molar-refractivity contribution in [3.8, 4) is 0 Å². The van der Waals surface area contributed by atoms with Crippen LogP contribution in [0.5, 0.6) is 0 Å². The molecule has 1 aromatic rings. The number of hydrogen-bond donors (Lipinski definition) is 1. The topological polar surface area (TPSA) is 40.5 Å². The molecule has 1 N–H and O–H groups in total. The Labute approximate surface area is 103 Å². The van der Waals surface area contributed by atoms with Gasteiger partial charge in [0.2, 0.25) is 0 Å². The molecule has 0 amide bonds. The average Bonchev–Trinajstić information content (AvgIpc) is 2.19. The van der Waals surface area contributed by atoms with Gasteiger partial charge in [0, 0.05) is 19.5 Å². The Bertz CT molecular complexity index is 359. The highest BCUT2D eigenvalue weighted by Gasteiger charge is 2.10. The lowest BCUT2D eigenvalue weighted by molar-refractivity contribution is -0.138. The smallest absolute Gasteiger partial charge is 0.303 e. The summed E-state index contributed by atoms with van der Waals surface area (Å²) in [5.41, 5.74) is 2.52. The first-order chi connectivity index (χ1) is 7.97. The van der Waals surface area contributed by atoms with Gasteiger partial charge in [0.1, 0.15) is 0 Å². The molecular weight excluding hydrogens is 214 g/mol. The van der Waals surface area contributed by atoms with Crippen molar-refractivity contribution < 1.29 is 9.90 Å². The van der Waals surface area contributed by atoms with Gasteiger partial charge < -0.3 is 10.0 Å². The van der Waals surface area contributed by atoms with E-state index in [0.29, 0.717) is 0 Å². The van der Waals surface area contributed by atoms with Crippen LogP contribution in [0, 0.1) is 12.8 Å². The van der Waals surface area contributed by atoms with Crippen molar-refractivity contribution in [3.63, 3.8) is 0 Å². The number of aliphatic carboxylic acids is 1. The Hall–Kier alpha value is -1.35. The number of rotatable bonds is 6. The van der Waals surface area contributed by atoms with Gasteiger partial charge in [-0.05, 0) is 25.5 Å². The molecule has 3 nitrogen and oxygen atoms in total. The highest BCUT2D eigenvalue weighted by molar-refractivity contribution is 5.66. The second-order valence-electron chi connectivity index (χ2n) is 4.89. The van der Waals surface area contributed by atoms with Crippen LogP contribution in [0.1, 0.15) is 24.5 Å². The van der Waals surface area contributed by atoms with Crippen molar-refractivity contribution in [2.75, 3.05) is 13.6 Å². The number of carboxylic acid groups (broad SMARTS) is 1. The van der Waals surface area contributed by atoms with Crippen molar-refractivity contribution in [3.05, 3.63) is 35.4 Å². The van der Waals surface area contributed by atoms with Crippen molar-refractivity contribution in [2.24, 2.45) is 5.92 Å². The van der Waals surface area contributed by atoms with Crippen molar-refractivity contribution in [1.82, 2.24) is 4.90 Å². The molecule has 0 radical (unpaired) electrons. The van der Waals surface area contributed by atoms with Gasteiger partial charge in [-0.2, -0.15) is 0 Å². The second kappa shape index (κ2) is 6.40. The summed E-state index contributed by atoms with van der Waals surface area (Å²) in [5, 5.41) is 8.70. The number of carbonyl (C=O) groups is 1. The van der Waals surface area contributed by atoms with Gasteiger partial charge in [-0.25, -0.2) is 0 Å². The van der Waals surface area contributed by atoms with Gasteiger partial charge in [-0.3, -0.25) is 4.79 Å². The Morgan fingerprint density at radius 1 is 1.35 bits per heavy atom. The van der Waals surface area contributed by atoms with Crippen LogP contribution in [0.2, 0.25) is 0 Å². The summed E-state index contributed by atoms with van der Waals surface area (Å²) in [6.07, 6.45) is 0.234. The van der Waals surface area contributed by atoms with Gasteiger partial charge >= 0.3 is 5.97 Å². The first-order valence-corrected chi connectivity index (χ1v) is 5.93. The molecular formula is C14H21NO2. The summed E-state index contributed by atoms with van der Waals surface area (Å²) in [5.74, 6) is -0.538. The van der Waals surface area contributed by atoms with Crippen LogP contribution >= 0.6 is 0 Å². The summed E-state index contributed by atoms with van der Waals surface area (Å²) in [4.78, 5) is 12.7. The van der Waals surface area contributed by atoms with Crippen LogP contribution < -0.4 is 0 Å². The molecule has 94 valence electrons. The zero-order chi connectivity index (χ0) is 12.8. The third kappa shape index (κ3) is 5.50. The molecule has 0 heterocycles. The highest BCUT2D eigenvalue weighted by atomic mass is 16.4. The van der Waals surface area contributed by atoms with Gasteiger partial charge in [-0.1, -0.05) is 36.8 Å². The maximum Gasteiger partial charge on any atom is 0.303 e. The summed E-state index contributed by atoms with van der Waals surface area (Å²) in [7, 11) is 2.03. The minimum absolute atomic E-state index is 0.183. The fraction of sp³-hybridized carbons (Fsp3) is 0.500. The molecule has 0 aliphatic rings. The quantitative estimate of drug-likeness (QED) is 0.823. The fourth-order valence-electron chi connectivity index (χ4n) is 1.96. The second-order valence-corrected chi connectivity index (χ2v) is 4.89. The third-order valence-corrected chi connectivity index (χ3v) is 2.72. The standard InChI is InChI=1S/C14H21NO2/c1-11-4-6-13(7-5-11)10-15(3)9-12(2)8-14(16)17/h4-7,12H,8-10H2,1-3H3,(H,16,17). The first-order valence-electron chi connectivity index (χ1n) is 5.93. The lowest BCUT2D eigenvalue weighted by atomic mass is 10.1. The van der Waals surface area contributed by atoms with Crippen LogP contribution in [0.3, 0.4) is 0 Å². The maximum atomic E-state index is 10.6. The fourth-order valence-corrected chi connectivity index (χ4v) is 1.96. The van der Waals surface area contributed by atoms with Crippen LogP contribution in [0.4, 0.5) is 0 Å². The van der Waals surface area contributed by atoms with E-state index in [1.54, 1.807) is 0 Å². The Balaban J connectivity index is 2.41. The average molecular weight is 235 g/mol. The van der Waals surface area contributed by atoms with E-state index in [4.69, 9.17) is 5.11 Å². The van der Waals surface area contributed by atoms with E-state index in [0.717, 1.165) is 13.1 Å². The van der Waals surface area contributed by atoms with Crippen LogP contribution in [-0.4, -0.2) is 29.6 Å². The molecule has 0 aliphatic heterocycles. The van der Waals surface area contributed by atoms with Gasteiger partial charge in [0.15, 0.2) is 0 Å². The Morgan fingerprint density at radius 2 is 1.94 bits per heavy atom. The van der Waals surface area contributed by atoms with E-state index < -0.39 is 5.97 Å². The van der Waals surface area contributed by atoms with Crippen molar-refractivity contribution in [1.29, 1.82) is 0 Å². The summed E-state index contributed by atoms with van der Waals surface area (Å²) in [6.45, 7) is 5.71. The normalized spacial score (nSPS) is 12.7. The Kier molecular flexibility index (Phi) is 5.16. The molecule has 0 bridgehead atoms. The lowest BCUT2D eigenvalue weighted by Gasteiger charge is -2.20. The number of nitrogens with zero attached hydrogens (tertiary/aromatic N) is 1. The summed E-state index contributed by atoms with van der Waals surface area (Å²) >= 11 is 0. The number of hydrogen-bond acceptors (Lipinski definition) is 2. The molecule has 1 aromatic carbocycles. The zero-order valence-electron chi connectivity index (χ0n) is 10.8. The van der Waals surface area contributed by atoms with Crippen molar-refractivity contribution >= 4 is 5.97 Å². The van der Waals surface area contributed by atoms with Gasteiger partial charge in [0.05, 0.1) is 0 Å². The molecule has 0 aliphatic carbocycles. The molecule has 0 spiro atoms. The van der Waals surface area contributed by atoms with Gasteiger partial charge in [0.25, 0.3) is 0 Å². The Morgan fingerprint density at radius 3 is 2.47 bits per heavy atom. The van der Waals surface area contributed by atoms with Crippen LogP contribution in [0.15, 0.2) is 24.3 Å². The molecule has 0 saturated heterocycles. The zero-order valence-corrected chi connectivity index (χ0v) is 10.8. The van der Waals surface area contributed by atoms with E-state index in [9.17, 15) is 4.79 Å². The third-order valence-electron chi connectivity index (χ3n) is 2.72. The predicted octanol–water partition coefficient (Wildman–Crippen LogP) is 2.54. The number of benzene rings is 1.